The summed E-state index contributed by atoms with van der Waals surface area (Å²) in [6.07, 6.45) is 3.89. The fourth-order valence-corrected chi connectivity index (χ4v) is 3.89. The molecule has 1 aliphatic heterocycles. The summed E-state index contributed by atoms with van der Waals surface area (Å²) in [6, 6.07) is 7.36. The van der Waals surface area contributed by atoms with Crippen molar-refractivity contribution in [3.63, 3.8) is 0 Å². The number of hydrogen-bond donors (Lipinski definition) is 0. The highest BCUT2D eigenvalue weighted by molar-refractivity contribution is 5.77. The lowest BCUT2D eigenvalue weighted by Crippen LogP contribution is -2.36. The molecule has 0 radical (unpaired) electrons. The maximum absolute atomic E-state index is 12.6. The Bertz CT molecular complexity index is 832. The molecular weight excluding hydrogens is 340 g/mol. The molecule has 3 rings (SSSR count). The van der Waals surface area contributed by atoms with E-state index in [9.17, 15) is 9.59 Å². The fourth-order valence-electron chi connectivity index (χ4n) is 3.89. The van der Waals surface area contributed by atoms with E-state index in [2.05, 4.69) is 16.8 Å². The van der Waals surface area contributed by atoms with Crippen molar-refractivity contribution in [1.29, 1.82) is 0 Å². The molecule has 2 heterocycles. The van der Waals surface area contributed by atoms with E-state index in [1.54, 1.807) is 17.0 Å². The van der Waals surface area contributed by atoms with Crippen molar-refractivity contribution in [2.45, 2.75) is 39.7 Å². The van der Waals surface area contributed by atoms with Gasteiger partial charge in [-0.1, -0.05) is 19.1 Å². The van der Waals surface area contributed by atoms with E-state index in [0.717, 1.165) is 32.7 Å². The van der Waals surface area contributed by atoms with Gasteiger partial charge < -0.3 is 9.80 Å². The van der Waals surface area contributed by atoms with E-state index in [4.69, 9.17) is 0 Å². The van der Waals surface area contributed by atoms with Crippen molar-refractivity contribution in [3.8, 4) is 0 Å². The molecule has 1 amide bonds. The molecule has 6 nitrogen and oxygen atoms in total. The van der Waals surface area contributed by atoms with Crippen molar-refractivity contribution in [3.05, 3.63) is 40.9 Å². The zero-order valence-corrected chi connectivity index (χ0v) is 16.4. The lowest BCUT2D eigenvalue weighted by Gasteiger charge is -2.24. The molecule has 0 aliphatic carbocycles. The standard InChI is InChI=1S/C21H30N4O2/c1-3-23-13-11-17(14-23)15-24(4-2)20(26)10-7-12-25-16-22-19-9-6-5-8-18(19)21(25)27/h5-6,8-9,16-17H,3-4,7,10-15H2,1-2H3/t17-/m0/s1. The highest BCUT2D eigenvalue weighted by Crippen LogP contribution is 2.17. The van der Waals surface area contributed by atoms with Crippen LogP contribution in [0.3, 0.4) is 0 Å². The molecule has 146 valence electrons. The molecule has 1 atom stereocenters. The minimum atomic E-state index is -0.0361. The van der Waals surface area contributed by atoms with Gasteiger partial charge >= 0.3 is 0 Å². The Balaban J connectivity index is 1.52. The smallest absolute Gasteiger partial charge is 0.261 e. The number of carbonyl (C=O) groups excluding carboxylic acids is 1. The number of para-hydroxylation sites is 1. The van der Waals surface area contributed by atoms with Crippen molar-refractivity contribution in [2.75, 3.05) is 32.7 Å². The lowest BCUT2D eigenvalue weighted by atomic mass is 10.1. The van der Waals surface area contributed by atoms with Crippen molar-refractivity contribution >= 4 is 16.8 Å². The van der Waals surface area contributed by atoms with E-state index in [0.29, 0.717) is 36.2 Å². The molecule has 0 saturated carbocycles. The summed E-state index contributed by atoms with van der Waals surface area (Å²) >= 11 is 0. The average Bonchev–Trinajstić information content (AvgIpc) is 3.15. The monoisotopic (exact) mass is 370 g/mol. The third-order valence-electron chi connectivity index (χ3n) is 5.55. The number of likely N-dealkylation sites (tertiary alicyclic amines) is 1. The van der Waals surface area contributed by atoms with E-state index in [1.807, 2.05) is 30.0 Å². The number of aromatic nitrogens is 2. The van der Waals surface area contributed by atoms with Crippen LogP contribution >= 0.6 is 0 Å². The van der Waals surface area contributed by atoms with Gasteiger partial charge in [-0.15, -0.1) is 0 Å². The maximum Gasteiger partial charge on any atom is 0.261 e. The largest absolute Gasteiger partial charge is 0.343 e. The van der Waals surface area contributed by atoms with Gasteiger partial charge in [-0.3, -0.25) is 14.2 Å². The summed E-state index contributed by atoms with van der Waals surface area (Å²) in [7, 11) is 0. The van der Waals surface area contributed by atoms with E-state index in [-0.39, 0.29) is 11.5 Å². The van der Waals surface area contributed by atoms with Gasteiger partial charge in [0.05, 0.1) is 17.2 Å². The zero-order valence-electron chi connectivity index (χ0n) is 16.4. The number of carbonyl (C=O) groups is 1. The Morgan fingerprint density at radius 3 is 2.85 bits per heavy atom. The SMILES string of the molecule is CCN1CC[C@H](CN(CC)C(=O)CCCn2cnc3ccccc3c2=O)C1. The maximum atomic E-state index is 12.6. The van der Waals surface area contributed by atoms with Gasteiger partial charge in [0.2, 0.25) is 5.91 Å². The van der Waals surface area contributed by atoms with Crippen molar-refractivity contribution in [1.82, 2.24) is 19.4 Å². The van der Waals surface area contributed by atoms with Crippen LogP contribution in [0, 0.1) is 5.92 Å². The summed E-state index contributed by atoms with van der Waals surface area (Å²) in [5.41, 5.74) is 0.677. The van der Waals surface area contributed by atoms with E-state index >= 15 is 0 Å². The second kappa shape index (κ2) is 9.13. The molecule has 27 heavy (non-hydrogen) atoms. The van der Waals surface area contributed by atoms with Crippen LogP contribution in [0.25, 0.3) is 10.9 Å². The summed E-state index contributed by atoms with van der Waals surface area (Å²) in [5.74, 6) is 0.774. The Kier molecular flexibility index (Phi) is 6.61. The Labute approximate surface area is 160 Å². The quantitative estimate of drug-likeness (QED) is 0.716. The topological polar surface area (TPSA) is 58.4 Å². The van der Waals surface area contributed by atoms with Gasteiger partial charge in [0, 0.05) is 32.6 Å². The first-order valence-electron chi connectivity index (χ1n) is 10.1. The van der Waals surface area contributed by atoms with Gasteiger partial charge in [-0.05, 0) is 50.9 Å². The average molecular weight is 370 g/mol. The summed E-state index contributed by atoms with van der Waals surface area (Å²) in [6.45, 7) is 9.68. The Morgan fingerprint density at radius 2 is 2.11 bits per heavy atom. The number of aryl methyl sites for hydroxylation is 1. The number of amides is 1. The van der Waals surface area contributed by atoms with Crippen molar-refractivity contribution in [2.24, 2.45) is 5.92 Å². The third kappa shape index (κ3) is 4.75. The highest BCUT2D eigenvalue weighted by Gasteiger charge is 2.24. The molecule has 0 unspecified atom stereocenters. The Hall–Kier alpha value is -2.21. The van der Waals surface area contributed by atoms with Gasteiger partial charge in [-0.2, -0.15) is 0 Å². The first-order chi connectivity index (χ1) is 13.1. The second-order valence-corrected chi connectivity index (χ2v) is 7.34. The van der Waals surface area contributed by atoms with Crippen LogP contribution in [0.2, 0.25) is 0 Å². The molecule has 0 bridgehead atoms. The summed E-state index contributed by atoms with van der Waals surface area (Å²) in [4.78, 5) is 33.9. The Morgan fingerprint density at radius 1 is 1.30 bits per heavy atom. The van der Waals surface area contributed by atoms with Gasteiger partial charge in [0.15, 0.2) is 0 Å². The van der Waals surface area contributed by atoms with Gasteiger partial charge in [0.1, 0.15) is 0 Å². The summed E-state index contributed by atoms with van der Waals surface area (Å²) < 4.78 is 1.61. The number of hydrogen-bond acceptors (Lipinski definition) is 4. The van der Waals surface area contributed by atoms with Gasteiger partial charge in [-0.25, -0.2) is 4.98 Å². The van der Waals surface area contributed by atoms with E-state index < -0.39 is 0 Å². The fraction of sp³-hybridized carbons (Fsp3) is 0.571. The van der Waals surface area contributed by atoms with Crippen LogP contribution < -0.4 is 5.56 Å². The second-order valence-electron chi connectivity index (χ2n) is 7.34. The van der Waals surface area contributed by atoms with Crippen LogP contribution in [0.4, 0.5) is 0 Å². The predicted octanol–water partition coefficient (Wildman–Crippen LogP) is 2.37. The first kappa shape index (κ1) is 19.5. The molecule has 1 aromatic carbocycles. The minimum absolute atomic E-state index is 0.0361. The normalized spacial score (nSPS) is 17.5. The molecule has 2 aromatic rings. The first-order valence-corrected chi connectivity index (χ1v) is 10.1. The van der Waals surface area contributed by atoms with Gasteiger partial charge in [0.25, 0.3) is 5.56 Å². The van der Waals surface area contributed by atoms with Crippen LogP contribution in [-0.4, -0.2) is 58.0 Å². The zero-order chi connectivity index (χ0) is 19.2. The number of benzene rings is 1. The molecule has 1 saturated heterocycles. The lowest BCUT2D eigenvalue weighted by molar-refractivity contribution is -0.131. The molecule has 0 N–H and O–H groups in total. The van der Waals surface area contributed by atoms with Crippen LogP contribution in [0.1, 0.15) is 33.1 Å². The predicted molar refractivity (Wildman–Crippen MR) is 108 cm³/mol. The van der Waals surface area contributed by atoms with Crippen LogP contribution in [0.5, 0.6) is 0 Å². The molecule has 6 heteroatoms. The van der Waals surface area contributed by atoms with Crippen molar-refractivity contribution < 1.29 is 4.79 Å². The van der Waals surface area contributed by atoms with Crippen LogP contribution in [-0.2, 0) is 11.3 Å². The molecule has 1 fully saturated rings. The molecule has 1 aromatic heterocycles. The summed E-state index contributed by atoms with van der Waals surface area (Å²) in [5, 5.41) is 0.628. The molecule has 0 spiro atoms. The van der Waals surface area contributed by atoms with E-state index in [1.165, 1.54) is 6.42 Å². The molecule has 1 aliphatic rings. The number of rotatable bonds is 8. The minimum Gasteiger partial charge on any atom is -0.343 e. The number of nitrogens with zero attached hydrogens (tertiary/aromatic N) is 4. The highest BCUT2D eigenvalue weighted by atomic mass is 16.2. The van der Waals surface area contributed by atoms with Crippen LogP contribution in [0.15, 0.2) is 35.4 Å². The third-order valence-corrected chi connectivity index (χ3v) is 5.55. The number of fused-ring (bicyclic) bond motifs is 1. The molecular formula is C21H30N4O2.